The van der Waals surface area contributed by atoms with E-state index in [0.29, 0.717) is 0 Å². The van der Waals surface area contributed by atoms with Crippen molar-refractivity contribution in [3.63, 3.8) is 0 Å². The first-order valence-corrected chi connectivity index (χ1v) is 6.99. The number of carbonyl (C=O) groups excluding carboxylic acids is 1. The highest BCUT2D eigenvalue weighted by Crippen LogP contribution is 2.26. The maximum atomic E-state index is 12.3. The van der Waals surface area contributed by atoms with Crippen molar-refractivity contribution in [2.45, 2.75) is 25.4 Å². The van der Waals surface area contributed by atoms with E-state index in [-0.39, 0.29) is 24.4 Å². The summed E-state index contributed by atoms with van der Waals surface area (Å²) in [4.78, 5) is 16.1. The van der Waals surface area contributed by atoms with Crippen LogP contribution in [-0.2, 0) is 4.79 Å². The van der Waals surface area contributed by atoms with E-state index in [1.165, 1.54) is 0 Å². The number of piperazine rings is 1. The third-order valence-corrected chi connectivity index (χ3v) is 4.10. The molecule has 1 heterocycles. The summed E-state index contributed by atoms with van der Waals surface area (Å²) in [6, 6.07) is 9.72. The third-order valence-electron chi connectivity index (χ3n) is 3.57. The van der Waals surface area contributed by atoms with Gasteiger partial charge in [-0.05, 0) is 31.2 Å². The first-order chi connectivity index (χ1) is 9.04. The predicted octanol–water partition coefficient (Wildman–Crippen LogP) is 2.40. The summed E-state index contributed by atoms with van der Waals surface area (Å²) >= 11 is 3.40. The van der Waals surface area contributed by atoms with Crippen LogP contribution in [0.1, 0.15) is 13.3 Å². The van der Waals surface area contributed by atoms with E-state index in [2.05, 4.69) is 22.0 Å². The molecule has 1 aromatic rings. The average Bonchev–Trinajstić information content (AvgIpc) is 2.40. The minimum atomic E-state index is -0.382. The van der Waals surface area contributed by atoms with Crippen molar-refractivity contribution >= 4 is 27.5 Å². The summed E-state index contributed by atoms with van der Waals surface area (Å²) in [6.07, 6.45) is 0.214. The van der Waals surface area contributed by atoms with E-state index in [0.717, 1.165) is 16.7 Å². The number of nitriles is 1. The topological polar surface area (TPSA) is 47.3 Å². The van der Waals surface area contributed by atoms with Gasteiger partial charge in [0.15, 0.2) is 0 Å². The Labute approximate surface area is 121 Å². The second-order valence-corrected chi connectivity index (χ2v) is 5.72. The van der Waals surface area contributed by atoms with Gasteiger partial charge in [0.05, 0.1) is 12.5 Å². The van der Waals surface area contributed by atoms with Crippen LogP contribution in [0.4, 0.5) is 5.69 Å². The van der Waals surface area contributed by atoms with Crippen LogP contribution in [-0.4, -0.2) is 36.5 Å². The molecule has 1 aromatic carbocycles. The minimum Gasteiger partial charge on any atom is -0.357 e. The number of nitrogens with zero attached hydrogens (tertiary/aromatic N) is 3. The Morgan fingerprint density at radius 3 is 2.63 bits per heavy atom. The van der Waals surface area contributed by atoms with Crippen molar-refractivity contribution in [2.75, 3.05) is 18.5 Å². The fourth-order valence-electron chi connectivity index (χ4n) is 2.32. The van der Waals surface area contributed by atoms with Crippen molar-refractivity contribution in [3.05, 3.63) is 28.7 Å². The third kappa shape index (κ3) is 2.74. The molecule has 0 saturated carbocycles. The van der Waals surface area contributed by atoms with Crippen molar-refractivity contribution in [2.24, 2.45) is 0 Å². The van der Waals surface area contributed by atoms with Gasteiger partial charge in [-0.25, -0.2) is 0 Å². The van der Waals surface area contributed by atoms with Gasteiger partial charge in [0.25, 0.3) is 0 Å². The SMILES string of the molecule is CC1CN(c2ccc(Br)cc2)C(CC#N)C(=O)N1C. The Kier molecular flexibility index (Phi) is 4.11. The molecule has 2 atom stereocenters. The molecule has 1 fully saturated rings. The molecule has 2 unspecified atom stereocenters. The van der Waals surface area contributed by atoms with E-state index in [9.17, 15) is 4.79 Å². The van der Waals surface area contributed by atoms with Crippen LogP contribution < -0.4 is 4.90 Å². The zero-order valence-electron chi connectivity index (χ0n) is 11.0. The molecule has 0 radical (unpaired) electrons. The highest BCUT2D eigenvalue weighted by Gasteiger charge is 2.36. The molecular formula is C14H16BrN3O. The molecule has 0 N–H and O–H groups in total. The Morgan fingerprint density at radius 1 is 1.42 bits per heavy atom. The lowest BCUT2D eigenvalue weighted by Gasteiger charge is -2.43. The van der Waals surface area contributed by atoms with Gasteiger partial charge < -0.3 is 9.80 Å². The number of hydrogen-bond acceptors (Lipinski definition) is 3. The molecule has 0 aliphatic carbocycles. The highest BCUT2D eigenvalue weighted by molar-refractivity contribution is 9.10. The number of benzene rings is 1. The van der Waals surface area contributed by atoms with Gasteiger partial charge in [-0.1, -0.05) is 15.9 Å². The normalized spacial score (nSPS) is 23.4. The molecule has 5 heteroatoms. The van der Waals surface area contributed by atoms with Crippen molar-refractivity contribution in [3.8, 4) is 6.07 Å². The average molecular weight is 322 g/mol. The van der Waals surface area contributed by atoms with Crippen LogP contribution in [0.15, 0.2) is 28.7 Å². The lowest BCUT2D eigenvalue weighted by Crippen LogP contribution is -2.59. The molecule has 1 amide bonds. The van der Waals surface area contributed by atoms with Gasteiger partial charge >= 0.3 is 0 Å². The van der Waals surface area contributed by atoms with Gasteiger partial charge in [0.2, 0.25) is 5.91 Å². The van der Waals surface area contributed by atoms with Crippen molar-refractivity contribution in [1.82, 2.24) is 4.90 Å². The molecule has 0 spiro atoms. The molecule has 0 bridgehead atoms. The van der Waals surface area contributed by atoms with Gasteiger partial charge in [0.1, 0.15) is 6.04 Å². The Bertz CT molecular complexity index is 508. The van der Waals surface area contributed by atoms with Crippen LogP contribution in [0.25, 0.3) is 0 Å². The monoisotopic (exact) mass is 321 g/mol. The molecule has 100 valence electrons. The van der Waals surface area contributed by atoms with Crippen molar-refractivity contribution in [1.29, 1.82) is 5.26 Å². The standard InChI is InChI=1S/C14H16BrN3O/c1-10-9-18(12-5-3-11(15)4-6-12)13(7-8-16)14(19)17(10)2/h3-6,10,13H,7,9H2,1-2H3. The van der Waals surface area contributed by atoms with Crippen molar-refractivity contribution < 1.29 is 4.79 Å². The summed E-state index contributed by atoms with van der Waals surface area (Å²) < 4.78 is 1.00. The Balaban J connectivity index is 2.33. The maximum absolute atomic E-state index is 12.3. The number of hydrogen-bond donors (Lipinski definition) is 0. The lowest BCUT2D eigenvalue weighted by molar-refractivity contribution is -0.134. The first-order valence-electron chi connectivity index (χ1n) is 6.20. The van der Waals surface area contributed by atoms with Gasteiger partial charge in [-0.2, -0.15) is 5.26 Å². The van der Waals surface area contributed by atoms with E-state index >= 15 is 0 Å². The van der Waals surface area contributed by atoms with Crippen LogP contribution in [0.5, 0.6) is 0 Å². The molecule has 19 heavy (non-hydrogen) atoms. The largest absolute Gasteiger partial charge is 0.357 e. The zero-order valence-corrected chi connectivity index (χ0v) is 12.6. The molecular weight excluding hydrogens is 306 g/mol. The fraction of sp³-hybridized carbons (Fsp3) is 0.429. The molecule has 1 saturated heterocycles. The Hall–Kier alpha value is -1.54. The molecule has 1 aliphatic rings. The molecule has 0 aromatic heterocycles. The van der Waals surface area contributed by atoms with E-state index in [1.54, 1.807) is 11.9 Å². The zero-order chi connectivity index (χ0) is 14.0. The molecule has 4 nitrogen and oxygen atoms in total. The molecule has 1 aliphatic heterocycles. The summed E-state index contributed by atoms with van der Waals surface area (Å²) in [7, 11) is 1.80. The number of amides is 1. The summed E-state index contributed by atoms with van der Waals surface area (Å²) in [5, 5.41) is 8.94. The first kappa shape index (κ1) is 13.9. The predicted molar refractivity (Wildman–Crippen MR) is 77.7 cm³/mol. The number of carbonyl (C=O) groups is 1. The van der Waals surface area contributed by atoms with Gasteiger partial charge in [0, 0.05) is 29.8 Å². The van der Waals surface area contributed by atoms with Gasteiger partial charge in [-0.3, -0.25) is 4.79 Å². The number of anilines is 1. The van der Waals surface area contributed by atoms with Gasteiger partial charge in [-0.15, -0.1) is 0 Å². The Morgan fingerprint density at radius 2 is 2.05 bits per heavy atom. The van der Waals surface area contributed by atoms with Crippen LogP contribution in [0.3, 0.4) is 0 Å². The number of halogens is 1. The van der Waals surface area contributed by atoms with E-state index in [4.69, 9.17) is 5.26 Å². The number of rotatable bonds is 2. The molecule has 2 rings (SSSR count). The minimum absolute atomic E-state index is 0.0169. The summed E-state index contributed by atoms with van der Waals surface area (Å²) in [6.45, 7) is 2.77. The second-order valence-electron chi connectivity index (χ2n) is 4.80. The maximum Gasteiger partial charge on any atom is 0.246 e. The number of likely N-dealkylation sites (N-methyl/N-ethyl adjacent to an activating group) is 1. The van der Waals surface area contributed by atoms with Crippen LogP contribution >= 0.6 is 15.9 Å². The quantitative estimate of drug-likeness (QED) is 0.840. The van der Waals surface area contributed by atoms with E-state index < -0.39 is 0 Å². The summed E-state index contributed by atoms with van der Waals surface area (Å²) in [5.41, 5.74) is 0.983. The fourth-order valence-corrected chi connectivity index (χ4v) is 2.59. The van der Waals surface area contributed by atoms with Crippen LogP contribution in [0.2, 0.25) is 0 Å². The highest BCUT2D eigenvalue weighted by atomic mass is 79.9. The summed E-state index contributed by atoms with van der Waals surface area (Å²) in [5.74, 6) is 0.0169. The smallest absolute Gasteiger partial charge is 0.246 e. The lowest BCUT2D eigenvalue weighted by atomic mass is 10.0. The van der Waals surface area contributed by atoms with Crippen LogP contribution in [0, 0.1) is 11.3 Å². The van der Waals surface area contributed by atoms with E-state index in [1.807, 2.05) is 36.1 Å². The second kappa shape index (κ2) is 5.62.